The minimum Gasteiger partial charge on any atom is -0.384 e. The highest BCUT2D eigenvalue weighted by molar-refractivity contribution is 7.90. The van der Waals surface area contributed by atoms with Gasteiger partial charge in [0.05, 0.1) is 5.69 Å². The molecule has 1 rings (SSSR count). The Balaban J connectivity index is 3.08. The van der Waals surface area contributed by atoms with Crippen molar-refractivity contribution >= 4 is 15.9 Å². The number of aliphatic hydroxyl groups is 1. The first kappa shape index (κ1) is 12.5. The summed E-state index contributed by atoms with van der Waals surface area (Å²) in [5.41, 5.74) is 1.81. The normalized spacial score (nSPS) is 10.4. The molecule has 0 amide bonds. The van der Waals surface area contributed by atoms with Gasteiger partial charge < -0.3 is 5.11 Å². The zero-order chi connectivity index (χ0) is 12.2. The average molecular weight is 240 g/mol. The van der Waals surface area contributed by atoms with Crippen LogP contribution in [0.4, 0.5) is 5.69 Å². The molecule has 0 aliphatic heterocycles. The Bertz CT molecular complexity index is 541. The highest BCUT2D eigenvalue weighted by atomic mass is 32.2. The molecule has 0 aliphatic rings. The quantitative estimate of drug-likeness (QED) is 0.633. The van der Waals surface area contributed by atoms with Crippen molar-refractivity contribution in [2.45, 2.75) is 6.92 Å². The van der Waals surface area contributed by atoms with Gasteiger partial charge in [0.2, 0.25) is 0 Å². The molecule has 0 radical (unpaired) electrons. The zero-order valence-corrected chi connectivity index (χ0v) is 9.50. The second-order valence-corrected chi connectivity index (χ2v) is 4.49. The van der Waals surface area contributed by atoms with Crippen LogP contribution >= 0.6 is 0 Å². The third-order valence-electron chi connectivity index (χ3n) is 1.65. The fraction of sp³-hybridized carbons (Fsp3) is 0.200. The van der Waals surface area contributed by atoms with E-state index in [4.69, 9.17) is 10.2 Å². The first-order valence-corrected chi connectivity index (χ1v) is 5.97. The number of nitrogens with one attached hydrogen (secondary N) is 1. The molecular formula is C10H12N2O3S. The predicted molar refractivity (Wildman–Crippen MR) is 61.9 cm³/mol. The summed E-state index contributed by atoms with van der Waals surface area (Å²) in [5.74, 6) is 5.16. The molecule has 0 saturated heterocycles. The molecule has 0 aromatic heterocycles. The Morgan fingerprint density at radius 2 is 2.12 bits per heavy atom. The lowest BCUT2D eigenvalue weighted by atomic mass is 10.1. The van der Waals surface area contributed by atoms with Crippen molar-refractivity contribution in [3.8, 4) is 11.8 Å². The predicted octanol–water partition coefficient (Wildman–Crippen LogP) is -0.0458. The molecule has 0 fully saturated rings. The lowest BCUT2D eigenvalue weighted by molar-refractivity contribution is 0.350. The summed E-state index contributed by atoms with van der Waals surface area (Å²) in [6, 6.07) is 4.95. The van der Waals surface area contributed by atoms with Crippen LogP contribution in [0.2, 0.25) is 0 Å². The van der Waals surface area contributed by atoms with Gasteiger partial charge in [0.1, 0.15) is 6.61 Å². The minimum atomic E-state index is -3.78. The Labute approximate surface area is 94.5 Å². The number of hydrogen-bond acceptors (Lipinski definition) is 3. The van der Waals surface area contributed by atoms with Gasteiger partial charge in [-0.2, -0.15) is 8.42 Å². The lowest BCUT2D eigenvalue weighted by Gasteiger charge is -2.05. The molecule has 0 atom stereocenters. The SMILES string of the molecule is Cc1cc(C#CCO)cc(NS(N)(=O)=O)c1. The van der Waals surface area contributed by atoms with Gasteiger partial charge in [-0.3, -0.25) is 4.72 Å². The summed E-state index contributed by atoms with van der Waals surface area (Å²) in [5, 5.41) is 13.4. The molecule has 6 heteroatoms. The van der Waals surface area contributed by atoms with E-state index in [0.717, 1.165) is 5.56 Å². The Kier molecular flexibility index (Phi) is 3.90. The summed E-state index contributed by atoms with van der Waals surface area (Å²) in [6.45, 7) is 1.56. The maximum absolute atomic E-state index is 10.8. The van der Waals surface area contributed by atoms with E-state index in [0.29, 0.717) is 11.3 Å². The topological polar surface area (TPSA) is 92.4 Å². The number of nitrogens with two attached hydrogens (primary N) is 1. The summed E-state index contributed by atoms with van der Waals surface area (Å²) in [7, 11) is -3.78. The minimum absolute atomic E-state index is 0.244. The van der Waals surface area contributed by atoms with Gasteiger partial charge in [-0.1, -0.05) is 11.8 Å². The molecule has 5 nitrogen and oxygen atoms in total. The van der Waals surface area contributed by atoms with E-state index in [1.165, 1.54) is 0 Å². The number of rotatable bonds is 2. The molecule has 0 bridgehead atoms. The standard InChI is InChI=1S/C10H12N2O3S/c1-8-5-9(3-2-4-13)7-10(6-8)12-16(11,14)15/h5-7,12-13H,4H2,1H3,(H2,11,14,15). The van der Waals surface area contributed by atoms with Crippen molar-refractivity contribution in [1.29, 1.82) is 0 Å². The van der Waals surface area contributed by atoms with Crippen LogP contribution in [0.15, 0.2) is 18.2 Å². The molecular weight excluding hydrogens is 228 g/mol. The molecule has 0 spiro atoms. The molecule has 0 heterocycles. The van der Waals surface area contributed by atoms with Crippen molar-refractivity contribution in [3.05, 3.63) is 29.3 Å². The maximum Gasteiger partial charge on any atom is 0.296 e. The number of benzene rings is 1. The Morgan fingerprint density at radius 1 is 1.44 bits per heavy atom. The van der Waals surface area contributed by atoms with Crippen molar-refractivity contribution in [1.82, 2.24) is 0 Å². The van der Waals surface area contributed by atoms with Crippen molar-refractivity contribution in [2.75, 3.05) is 11.3 Å². The van der Waals surface area contributed by atoms with Gasteiger partial charge >= 0.3 is 0 Å². The van der Waals surface area contributed by atoms with Crippen LogP contribution in [-0.2, 0) is 10.2 Å². The van der Waals surface area contributed by atoms with Gasteiger partial charge in [0.15, 0.2) is 0 Å². The summed E-state index contributed by atoms with van der Waals surface area (Å²) >= 11 is 0. The van der Waals surface area contributed by atoms with Gasteiger partial charge in [-0.05, 0) is 30.7 Å². The molecule has 16 heavy (non-hydrogen) atoms. The summed E-state index contributed by atoms with van der Waals surface area (Å²) in [4.78, 5) is 0. The van der Waals surface area contributed by atoms with E-state index in [9.17, 15) is 8.42 Å². The van der Waals surface area contributed by atoms with Crippen LogP contribution in [0.5, 0.6) is 0 Å². The number of aryl methyl sites for hydroxylation is 1. The molecule has 1 aromatic rings. The van der Waals surface area contributed by atoms with Gasteiger partial charge in [0.25, 0.3) is 10.2 Å². The molecule has 0 saturated carbocycles. The lowest BCUT2D eigenvalue weighted by Crippen LogP contribution is -2.21. The van der Waals surface area contributed by atoms with Gasteiger partial charge in [-0.25, -0.2) is 5.14 Å². The van der Waals surface area contributed by atoms with Crippen LogP contribution < -0.4 is 9.86 Å². The number of aliphatic hydroxyl groups excluding tert-OH is 1. The fourth-order valence-electron chi connectivity index (χ4n) is 1.22. The summed E-state index contributed by atoms with van der Waals surface area (Å²) in [6.07, 6.45) is 0. The fourth-order valence-corrected chi connectivity index (χ4v) is 1.67. The summed E-state index contributed by atoms with van der Waals surface area (Å²) < 4.78 is 23.8. The second-order valence-electron chi connectivity index (χ2n) is 3.19. The molecule has 4 N–H and O–H groups in total. The van der Waals surface area contributed by atoms with Crippen molar-refractivity contribution in [3.63, 3.8) is 0 Å². The number of hydrogen-bond donors (Lipinski definition) is 3. The van der Waals surface area contributed by atoms with Gasteiger partial charge in [0, 0.05) is 5.56 Å². The first-order chi connectivity index (χ1) is 7.40. The van der Waals surface area contributed by atoms with Crippen LogP contribution in [-0.4, -0.2) is 20.1 Å². The van der Waals surface area contributed by atoms with Crippen molar-refractivity contribution < 1.29 is 13.5 Å². The Hall–Kier alpha value is -1.55. The largest absolute Gasteiger partial charge is 0.384 e. The monoisotopic (exact) mass is 240 g/mol. The van der Waals surface area contributed by atoms with E-state index in [1.807, 2.05) is 0 Å². The number of anilines is 1. The molecule has 0 aliphatic carbocycles. The molecule has 1 aromatic carbocycles. The molecule has 86 valence electrons. The van der Waals surface area contributed by atoms with E-state index in [2.05, 4.69) is 16.6 Å². The molecule has 0 unspecified atom stereocenters. The van der Waals surface area contributed by atoms with E-state index >= 15 is 0 Å². The average Bonchev–Trinajstić information content (AvgIpc) is 2.10. The van der Waals surface area contributed by atoms with Crippen LogP contribution in [0.3, 0.4) is 0 Å². The maximum atomic E-state index is 10.8. The van der Waals surface area contributed by atoms with E-state index in [1.54, 1.807) is 25.1 Å². The third-order valence-corrected chi connectivity index (χ3v) is 2.17. The van der Waals surface area contributed by atoms with Gasteiger partial charge in [-0.15, -0.1) is 0 Å². The van der Waals surface area contributed by atoms with Crippen LogP contribution in [0.1, 0.15) is 11.1 Å². The highest BCUT2D eigenvalue weighted by Gasteiger charge is 2.03. The van der Waals surface area contributed by atoms with Crippen LogP contribution in [0, 0.1) is 18.8 Å². The Morgan fingerprint density at radius 3 is 2.69 bits per heavy atom. The third kappa shape index (κ3) is 4.31. The van der Waals surface area contributed by atoms with E-state index < -0.39 is 10.2 Å². The first-order valence-electron chi connectivity index (χ1n) is 4.42. The smallest absolute Gasteiger partial charge is 0.296 e. The van der Waals surface area contributed by atoms with E-state index in [-0.39, 0.29) is 6.61 Å². The highest BCUT2D eigenvalue weighted by Crippen LogP contribution is 2.14. The van der Waals surface area contributed by atoms with Crippen molar-refractivity contribution in [2.24, 2.45) is 5.14 Å². The van der Waals surface area contributed by atoms with Crippen LogP contribution in [0.25, 0.3) is 0 Å². The second kappa shape index (κ2) is 4.99. The zero-order valence-electron chi connectivity index (χ0n) is 8.69.